The number of rotatable bonds is 7. The van der Waals surface area contributed by atoms with Crippen molar-refractivity contribution in [3.8, 4) is 0 Å². The number of carbonyl (C=O) groups is 2. The van der Waals surface area contributed by atoms with Crippen molar-refractivity contribution in [2.24, 2.45) is 7.05 Å². The molecule has 0 radical (unpaired) electrons. The van der Waals surface area contributed by atoms with Gasteiger partial charge >= 0.3 is 5.97 Å². The molecule has 1 aromatic carbocycles. The Balaban J connectivity index is 1.80. The van der Waals surface area contributed by atoms with Crippen LogP contribution in [0.2, 0.25) is 0 Å². The molecule has 11 heteroatoms. The molecule has 0 saturated carbocycles. The summed E-state index contributed by atoms with van der Waals surface area (Å²) < 4.78 is 39.3. The van der Waals surface area contributed by atoms with E-state index in [2.05, 4.69) is 15.2 Å². The van der Waals surface area contributed by atoms with Crippen molar-refractivity contribution in [3.05, 3.63) is 58.0 Å². The van der Waals surface area contributed by atoms with E-state index in [0.29, 0.717) is 39.5 Å². The molecule has 0 unspecified atom stereocenters. The van der Waals surface area contributed by atoms with Crippen LogP contribution in [0.1, 0.15) is 50.3 Å². The normalized spacial score (nSPS) is 11.3. The number of hydrogen-bond acceptors (Lipinski definition) is 7. The van der Waals surface area contributed by atoms with Gasteiger partial charge in [-0.25, -0.2) is 17.9 Å². The molecule has 33 heavy (non-hydrogen) atoms. The maximum atomic E-state index is 12.9. The Morgan fingerprint density at radius 1 is 1.09 bits per heavy atom. The summed E-state index contributed by atoms with van der Waals surface area (Å²) in [6.45, 7) is 8.76. The molecule has 3 rings (SSSR count). The third-order valence-electron chi connectivity index (χ3n) is 5.43. The topological polar surface area (TPSA) is 133 Å². The van der Waals surface area contributed by atoms with Gasteiger partial charge in [-0.15, -0.1) is 0 Å². The minimum absolute atomic E-state index is 0.00868. The number of nitrogens with zero attached hydrogens (tertiary/aromatic N) is 2. The van der Waals surface area contributed by atoms with Crippen LogP contribution >= 0.6 is 0 Å². The third kappa shape index (κ3) is 4.63. The average Bonchev–Trinajstić information content (AvgIpc) is 3.17. The fourth-order valence-electron chi connectivity index (χ4n) is 3.40. The van der Waals surface area contributed by atoms with E-state index >= 15 is 0 Å². The minimum Gasteiger partial charge on any atom is -0.461 e. The van der Waals surface area contributed by atoms with Gasteiger partial charge in [0.25, 0.3) is 15.9 Å². The zero-order chi connectivity index (χ0) is 24.5. The van der Waals surface area contributed by atoms with Gasteiger partial charge in [0.05, 0.1) is 22.8 Å². The number of ether oxygens (including phenoxy) is 1. The van der Waals surface area contributed by atoms with Crippen LogP contribution < -0.4 is 10.0 Å². The first kappa shape index (κ1) is 24.1. The van der Waals surface area contributed by atoms with E-state index in [1.54, 1.807) is 46.2 Å². The first-order valence-electron chi connectivity index (χ1n) is 10.2. The molecule has 10 nitrogen and oxygen atoms in total. The molecule has 0 atom stereocenters. The highest BCUT2D eigenvalue weighted by Crippen LogP contribution is 2.25. The highest BCUT2D eigenvalue weighted by molar-refractivity contribution is 7.92. The summed E-state index contributed by atoms with van der Waals surface area (Å²) in [7, 11) is -2.21. The maximum absolute atomic E-state index is 12.9. The summed E-state index contributed by atoms with van der Waals surface area (Å²) in [5.74, 6) is -0.867. The van der Waals surface area contributed by atoms with Gasteiger partial charge in [0, 0.05) is 24.0 Å². The summed E-state index contributed by atoms with van der Waals surface area (Å²) in [5.41, 5.74) is 3.36. The molecular weight excluding hydrogens is 448 g/mol. The van der Waals surface area contributed by atoms with Crippen LogP contribution in [0.5, 0.6) is 0 Å². The second-order valence-corrected chi connectivity index (χ2v) is 9.20. The quantitative estimate of drug-likeness (QED) is 0.501. The van der Waals surface area contributed by atoms with E-state index in [9.17, 15) is 18.0 Å². The van der Waals surface area contributed by atoms with Gasteiger partial charge in [-0.1, -0.05) is 5.16 Å². The van der Waals surface area contributed by atoms with Gasteiger partial charge in [-0.3, -0.25) is 4.79 Å². The van der Waals surface area contributed by atoms with Gasteiger partial charge in [-0.05, 0) is 64.4 Å². The summed E-state index contributed by atoms with van der Waals surface area (Å²) >= 11 is 0. The van der Waals surface area contributed by atoms with E-state index in [4.69, 9.17) is 9.26 Å². The van der Waals surface area contributed by atoms with Crippen molar-refractivity contribution in [2.75, 3.05) is 16.6 Å². The van der Waals surface area contributed by atoms with Crippen LogP contribution in [-0.2, 0) is 21.8 Å². The van der Waals surface area contributed by atoms with Crippen LogP contribution in [0.15, 0.2) is 33.7 Å². The molecule has 2 heterocycles. The lowest BCUT2D eigenvalue weighted by Gasteiger charge is -2.09. The predicted octanol–water partition coefficient (Wildman–Crippen LogP) is 3.48. The Kier molecular flexibility index (Phi) is 6.63. The van der Waals surface area contributed by atoms with Crippen molar-refractivity contribution < 1.29 is 27.3 Å². The third-order valence-corrected chi connectivity index (χ3v) is 6.78. The number of sulfonamides is 1. The molecule has 3 aromatic rings. The van der Waals surface area contributed by atoms with Crippen LogP contribution in [-0.4, -0.2) is 36.6 Å². The molecule has 0 aliphatic carbocycles. The smallest absolute Gasteiger partial charge is 0.355 e. The van der Waals surface area contributed by atoms with E-state index in [-0.39, 0.29) is 17.4 Å². The molecule has 176 valence electrons. The highest BCUT2D eigenvalue weighted by atomic mass is 32.2. The Hall–Kier alpha value is -3.60. The van der Waals surface area contributed by atoms with E-state index < -0.39 is 21.9 Å². The van der Waals surface area contributed by atoms with E-state index in [1.165, 1.54) is 24.3 Å². The molecule has 0 fully saturated rings. The molecule has 0 spiro atoms. The minimum atomic E-state index is -3.90. The first-order chi connectivity index (χ1) is 15.5. The Labute approximate surface area is 192 Å². The Bertz CT molecular complexity index is 1320. The molecule has 0 bridgehead atoms. The predicted molar refractivity (Wildman–Crippen MR) is 122 cm³/mol. The lowest BCUT2D eigenvalue weighted by Crippen LogP contribution is -2.15. The van der Waals surface area contributed by atoms with E-state index in [0.717, 1.165) is 0 Å². The Morgan fingerprint density at radius 2 is 1.73 bits per heavy atom. The molecule has 2 aromatic heterocycles. The summed E-state index contributed by atoms with van der Waals surface area (Å²) in [6.07, 6.45) is 0. The number of esters is 1. The van der Waals surface area contributed by atoms with Gasteiger partial charge < -0.3 is 19.1 Å². The van der Waals surface area contributed by atoms with Crippen molar-refractivity contribution in [2.45, 2.75) is 39.5 Å². The number of nitrogens with one attached hydrogen (secondary N) is 2. The first-order valence-corrected chi connectivity index (χ1v) is 11.7. The van der Waals surface area contributed by atoms with Gasteiger partial charge in [-0.2, -0.15) is 0 Å². The molecule has 2 N–H and O–H groups in total. The van der Waals surface area contributed by atoms with Crippen molar-refractivity contribution in [3.63, 3.8) is 0 Å². The molecule has 1 amide bonds. The lowest BCUT2D eigenvalue weighted by molar-refractivity contribution is 0.0514. The number of benzene rings is 1. The standard InChI is InChI=1S/C22H26N4O6S/c1-7-31-22(28)19-13(3)18(15(5)26(19)6)20(27)23-16-8-10-17(11-9-16)33(29,30)25-21-12(2)14(4)24-32-21/h8-11,25H,7H2,1-6H3,(H,23,27). The average molecular weight is 475 g/mol. The van der Waals surface area contributed by atoms with E-state index in [1.807, 2.05) is 0 Å². The molecule has 0 aliphatic rings. The van der Waals surface area contributed by atoms with Crippen molar-refractivity contribution >= 4 is 33.5 Å². The highest BCUT2D eigenvalue weighted by Gasteiger charge is 2.26. The number of aryl methyl sites for hydroxylation is 1. The zero-order valence-corrected chi connectivity index (χ0v) is 20.1. The maximum Gasteiger partial charge on any atom is 0.355 e. The molecule has 0 aliphatic heterocycles. The molecular formula is C22H26N4O6S. The Morgan fingerprint density at radius 3 is 2.27 bits per heavy atom. The second-order valence-electron chi connectivity index (χ2n) is 7.52. The monoisotopic (exact) mass is 474 g/mol. The molecule has 0 saturated heterocycles. The summed E-state index contributed by atoms with van der Waals surface area (Å²) in [6, 6.07) is 5.69. The van der Waals surface area contributed by atoms with Crippen molar-refractivity contribution in [1.82, 2.24) is 9.72 Å². The number of aromatic nitrogens is 2. The van der Waals surface area contributed by atoms with Crippen molar-refractivity contribution in [1.29, 1.82) is 0 Å². The lowest BCUT2D eigenvalue weighted by atomic mass is 10.1. The zero-order valence-electron chi connectivity index (χ0n) is 19.3. The van der Waals surface area contributed by atoms with Gasteiger partial charge in [0.1, 0.15) is 5.69 Å². The fourth-order valence-corrected chi connectivity index (χ4v) is 4.45. The number of carbonyl (C=O) groups excluding carboxylic acids is 2. The largest absolute Gasteiger partial charge is 0.461 e. The van der Waals surface area contributed by atoms with Crippen LogP contribution in [0.3, 0.4) is 0 Å². The van der Waals surface area contributed by atoms with Gasteiger partial charge in [0.15, 0.2) is 0 Å². The van der Waals surface area contributed by atoms with Gasteiger partial charge in [0.2, 0.25) is 5.88 Å². The number of hydrogen-bond donors (Lipinski definition) is 2. The summed E-state index contributed by atoms with van der Waals surface area (Å²) in [5, 5.41) is 6.48. The van der Waals surface area contributed by atoms with Crippen LogP contribution in [0.25, 0.3) is 0 Å². The number of amides is 1. The second kappa shape index (κ2) is 9.10. The summed E-state index contributed by atoms with van der Waals surface area (Å²) in [4.78, 5) is 25.2. The van der Waals surface area contributed by atoms with Crippen LogP contribution in [0, 0.1) is 27.7 Å². The van der Waals surface area contributed by atoms with Crippen LogP contribution in [0.4, 0.5) is 11.6 Å². The SMILES string of the molecule is CCOC(=O)c1c(C)c(C(=O)Nc2ccc(S(=O)(=O)Nc3onc(C)c3C)cc2)c(C)n1C. The number of anilines is 2. The fraction of sp³-hybridized carbons (Fsp3) is 0.318.